The van der Waals surface area contributed by atoms with Gasteiger partial charge in [-0.15, -0.1) is 0 Å². The van der Waals surface area contributed by atoms with Crippen molar-refractivity contribution in [2.75, 3.05) is 23.3 Å². The van der Waals surface area contributed by atoms with Crippen molar-refractivity contribution in [3.63, 3.8) is 0 Å². The Kier molecular flexibility index (Phi) is 6.41. The quantitative estimate of drug-likeness (QED) is 0.732. The number of anilines is 2. The van der Waals surface area contributed by atoms with E-state index < -0.39 is 0 Å². The van der Waals surface area contributed by atoms with Gasteiger partial charge >= 0.3 is 0 Å². The molecule has 1 aromatic rings. The summed E-state index contributed by atoms with van der Waals surface area (Å²) in [6, 6.07) is 9.45. The van der Waals surface area contributed by atoms with Gasteiger partial charge in [0.15, 0.2) is 0 Å². The Hall–Kier alpha value is -1.18. The summed E-state index contributed by atoms with van der Waals surface area (Å²) in [5.41, 5.74) is 2.73. The molecule has 0 saturated carbocycles. The zero-order valence-electron chi connectivity index (χ0n) is 14.1. The first kappa shape index (κ1) is 16.2. The van der Waals surface area contributed by atoms with Gasteiger partial charge in [0.1, 0.15) is 0 Å². The number of para-hydroxylation sites is 2. The summed E-state index contributed by atoms with van der Waals surface area (Å²) in [6.45, 7) is 9.37. The van der Waals surface area contributed by atoms with Gasteiger partial charge in [0.2, 0.25) is 0 Å². The Morgan fingerprint density at radius 1 is 1.05 bits per heavy atom. The highest BCUT2D eigenvalue weighted by Crippen LogP contribution is 2.30. The number of benzene rings is 1. The molecule has 0 spiro atoms. The van der Waals surface area contributed by atoms with Gasteiger partial charge in [0, 0.05) is 19.1 Å². The van der Waals surface area contributed by atoms with Crippen molar-refractivity contribution in [3.05, 3.63) is 24.3 Å². The zero-order valence-corrected chi connectivity index (χ0v) is 14.1. The molecule has 1 saturated heterocycles. The average Bonchev–Trinajstić information content (AvgIpc) is 2.55. The molecule has 2 heteroatoms. The number of hydrogen-bond donors (Lipinski definition) is 1. The molecule has 0 radical (unpaired) electrons. The van der Waals surface area contributed by atoms with Crippen LogP contribution in [0.15, 0.2) is 24.3 Å². The highest BCUT2D eigenvalue weighted by atomic mass is 15.1. The van der Waals surface area contributed by atoms with E-state index in [2.05, 4.69) is 55.3 Å². The molecule has 0 amide bonds. The van der Waals surface area contributed by atoms with Gasteiger partial charge in [-0.25, -0.2) is 0 Å². The molecular formula is C19H32N2. The summed E-state index contributed by atoms with van der Waals surface area (Å²) in [5, 5.41) is 3.82. The van der Waals surface area contributed by atoms with E-state index in [1.165, 1.54) is 63.0 Å². The topological polar surface area (TPSA) is 15.3 Å². The molecule has 0 aliphatic carbocycles. The molecule has 118 valence electrons. The van der Waals surface area contributed by atoms with Gasteiger partial charge in [-0.1, -0.05) is 39.3 Å². The predicted octanol–water partition coefficient (Wildman–Crippen LogP) is 5.30. The lowest BCUT2D eigenvalue weighted by Gasteiger charge is -2.32. The molecule has 2 rings (SSSR count). The van der Waals surface area contributed by atoms with Gasteiger partial charge in [0.05, 0.1) is 11.4 Å². The van der Waals surface area contributed by atoms with Crippen LogP contribution in [0.5, 0.6) is 0 Å². The van der Waals surface area contributed by atoms with Crippen LogP contribution in [0.25, 0.3) is 0 Å². The van der Waals surface area contributed by atoms with Gasteiger partial charge in [-0.3, -0.25) is 0 Å². The molecule has 0 aromatic heterocycles. The Morgan fingerprint density at radius 3 is 2.43 bits per heavy atom. The molecule has 2 atom stereocenters. The first-order valence-corrected chi connectivity index (χ1v) is 8.85. The fourth-order valence-electron chi connectivity index (χ4n) is 3.21. The highest BCUT2D eigenvalue weighted by Gasteiger charge is 2.16. The number of piperidine rings is 1. The second-order valence-corrected chi connectivity index (χ2v) is 6.56. The van der Waals surface area contributed by atoms with Crippen molar-refractivity contribution >= 4 is 11.4 Å². The summed E-state index contributed by atoms with van der Waals surface area (Å²) in [6.07, 6.45) is 7.78. The molecule has 0 bridgehead atoms. The number of hydrogen-bond acceptors (Lipinski definition) is 2. The molecule has 1 aromatic carbocycles. The number of nitrogens with zero attached hydrogens (tertiary/aromatic N) is 1. The van der Waals surface area contributed by atoms with Crippen LogP contribution in [0, 0.1) is 5.92 Å². The van der Waals surface area contributed by atoms with E-state index in [1.54, 1.807) is 0 Å². The smallest absolute Gasteiger partial charge is 0.0602 e. The maximum absolute atomic E-state index is 3.82. The monoisotopic (exact) mass is 288 g/mol. The van der Waals surface area contributed by atoms with E-state index in [0.717, 1.165) is 5.92 Å². The highest BCUT2D eigenvalue weighted by molar-refractivity contribution is 5.70. The number of rotatable bonds is 7. The van der Waals surface area contributed by atoms with Crippen molar-refractivity contribution in [3.8, 4) is 0 Å². The van der Waals surface area contributed by atoms with Crippen LogP contribution in [0.2, 0.25) is 0 Å². The minimum Gasteiger partial charge on any atom is -0.381 e. The molecule has 1 N–H and O–H groups in total. The van der Waals surface area contributed by atoms with Crippen LogP contribution in [-0.4, -0.2) is 19.1 Å². The maximum atomic E-state index is 3.82. The molecule has 1 heterocycles. The summed E-state index contributed by atoms with van der Waals surface area (Å²) >= 11 is 0. The fourth-order valence-corrected chi connectivity index (χ4v) is 3.21. The molecule has 2 unspecified atom stereocenters. The Bertz CT molecular complexity index is 410. The maximum Gasteiger partial charge on any atom is 0.0602 e. The SMILES string of the molecule is CCC(C)CC(CC)Nc1ccccc1N1CCCCC1. The van der Waals surface area contributed by atoms with Crippen molar-refractivity contribution < 1.29 is 0 Å². The van der Waals surface area contributed by atoms with Crippen LogP contribution in [-0.2, 0) is 0 Å². The predicted molar refractivity (Wildman–Crippen MR) is 94.3 cm³/mol. The standard InChI is InChI=1S/C19H32N2/c1-4-16(3)15-17(5-2)20-18-11-7-8-12-19(18)21-13-9-6-10-14-21/h7-8,11-12,16-17,20H,4-6,9-10,13-15H2,1-3H3. The molecule has 2 nitrogen and oxygen atoms in total. The lowest BCUT2D eigenvalue weighted by molar-refractivity contribution is 0.461. The van der Waals surface area contributed by atoms with Crippen LogP contribution >= 0.6 is 0 Å². The number of nitrogens with one attached hydrogen (secondary N) is 1. The lowest BCUT2D eigenvalue weighted by Crippen LogP contribution is -2.31. The third-order valence-electron chi connectivity index (χ3n) is 4.84. The summed E-state index contributed by atoms with van der Waals surface area (Å²) in [7, 11) is 0. The lowest BCUT2D eigenvalue weighted by atomic mass is 9.97. The average molecular weight is 288 g/mol. The van der Waals surface area contributed by atoms with E-state index in [4.69, 9.17) is 0 Å². The third kappa shape index (κ3) is 4.66. The summed E-state index contributed by atoms with van der Waals surface area (Å²) < 4.78 is 0. The van der Waals surface area contributed by atoms with Crippen molar-refractivity contribution in [1.82, 2.24) is 0 Å². The van der Waals surface area contributed by atoms with Gasteiger partial charge < -0.3 is 10.2 Å². The fraction of sp³-hybridized carbons (Fsp3) is 0.684. The van der Waals surface area contributed by atoms with Crippen LogP contribution in [0.1, 0.15) is 59.3 Å². The van der Waals surface area contributed by atoms with Gasteiger partial charge in [0.25, 0.3) is 0 Å². The normalized spacial score (nSPS) is 18.3. The minimum absolute atomic E-state index is 0.589. The summed E-state index contributed by atoms with van der Waals surface area (Å²) in [4.78, 5) is 2.56. The summed E-state index contributed by atoms with van der Waals surface area (Å²) in [5.74, 6) is 0.796. The third-order valence-corrected chi connectivity index (χ3v) is 4.84. The van der Waals surface area contributed by atoms with Crippen LogP contribution in [0.3, 0.4) is 0 Å². The molecule has 1 aliphatic rings. The zero-order chi connectivity index (χ0) is 15.1. The Balaban J connectivity index is 2.07. The van der Waals surface area contributed by atoms with E-state index >= 15 is 0 Å². The molecule has 1 fully saturated rings. The van der Waals surface area contributed by atoms with E-state index in [-0.39, 0.29) is 0 Å². The Labute approximate surface area is 130 Å². The molecular weight excluding hydrogens is 256 g/mol. The van der Waals surface area contributed by atoms with E-state index in [1.807, 2.05) is 0 Å². The minimum atomic E-state index is 0.589. The Morgan fingerprint density at radius 2 is 1.76 bits per heavy atom. The van der Waals surface area contributed by atoms with E-state index in [0.29, 0.717) is 6.04 Å². The second kappa shape index (κ2) is 8.31. The largest absolute Gasteiger partial charge is 0.381 e. The van der Waals surface area contributed by atoms with Crippen LogP contribution in [0.4, 0.5) is 11.4 Å². The van der Waals surface area contributed by atoms with Gasteiger partial charge in [-0.2, -0.15) is 0 Å². The molecule has 1 aliphatic heterocycles. The van der Waals surface area contributed by atoms with Crippen LogP contribution < -0.4 is 10.2 Å². The first-order chi connectivity index (χ1) is 10.2. The van der Waals surface area contributed by atoms with Crippen molar-refractivity contribution in [1.29, 1.82) is 0 Å². The van der Waals surface area contributed by atoms with E-state index in [9.17, 15) is 0 Å². The van der Waals surface area contributed by atoms with Gasteiger partial charge in [-0.05, 0) is 50.2 Å². The van der Waals surface area contributed by atoms with Crippen molar-refractivity contribution in [2.24, 2.45) is 5.92 Å². The van der Waals surface area contributed by atoms with Crippen molar-refractivity contribution in [2.45, 2.75) is 65.3 Å². The first-order valence-electron chi connectivity index (χ1n) is 8.85. The second-order valence-electron chi connectivity index (χ2n) is 6.56. The molecule has 21 heavy (non-hydrogen) atoms.